The van der Waals surface area contributed by atoms with E-state index in [4.69, 9.17) is 9.47 Å². The Hall–Kier alpha value is -2.67. The van der Waals surface area contributed by atoms with Gasteiger partial charge in [-0.3, -0.25) is 9.69 Å². The molecule has 0 unspecified atom stereocenters. The van der Waals surface area contributed by atoms with Gasteiger partial charge in [0.05, 0.1) is 18.8 Å². The van der Waals surface area contributed by atoms with Crippen LogP contribution in [0.25, 0.3) is 0 Å². The summed E-state index contributed by atoms with van der Waals surface area (Å²) in [5, 5.41) is 2.94. The number of hydrogen-bond acceptors (Lipinski definition) is 6. The molecule has 0 aliphatic carbocycles. The predicted octanol–water partition coefficient (Wildman–Crippen LogP) is 0.791. The molecule has 0 fully saturated rings. The Morgan fingerprint density at radius 2 is 2.20 bits per heavy atom. The fourth-order valence-electron chi connectivity index (χ4n) is 3.09. The number of fused-ring (bicyclic) bond motifs is 2. The molecule has 2 aromatic rings. The van der Waals surface area contributed by atoms with Crippen LogP contribution in [-0.4, -0.2) is 53.1 Å². The van der Waals surface area contributed by atoms with Crippen LogP contribution >= 0.6 is 0 Å². The smallest absolute Gasteiger partial charge is 0.234 e. The lowest BCUT2D eigenvalue weighted by molar-refractivity contribution is -0.123. The van der Waals surface area contributed by atoms with Crippen LogP contribution in [0.3, 0.4) is 0 Å². The molecule has 0 radical (unpaired) electrons. The molecule has 7 heteroatoms. The van der Waals surface area contributed by atoms with E-state index < -0.39 is 0 Å². The minimum absolute atomic E-state index is 0.0139. The first-order valence-corrected chi connectivity index (χ1v) is 8.43. The number of benzene rings is 1. The van der Waals surface area contributed by atoms with Crippen molar-refractivity contribution in [1.29, 1.82) is 0 Å². The molecule has 1 N–H and O–H groups in total. The highest BCUT2D eigenvalue weighted by molar-refractivity contribution is 5.78. The summed E-state index contributed by atoms with van der Waals surface area (Å²) in [6.45, 7) is 2.74. The number of hydrogen-bond donors (Lipinski definition) is 1. The lowest BCUT2D eigenvalue weighted by Gasteiger charge is -2.28. The van der Waals surface area contributed by atoms with E-state index in [0.29, 0.717) is 26.2 Å². The average molecular weight is 340 g/mol. The van der Waals surface area contributed by atoms with E-state index in [2.05, 4.69) is 20.2 Å². The second-order valence-electron chi connectivity index (χ2n) is 6.26. The van der Waals surface area contributed by atoms with E-state index in [1.807, 2.05) is 30.5 Å². The second-order valence-corrected chi connectivity index (χ2v) is 6.26. The molecule has 2 aliphatic heterocycles. The molecule has 0 spiro atoms. The summed E-state index contributed by atoms with van der Waals surface area (Å²) < 4.78 is 11.5. The highest BCUT2D eigenvalue weighted by Gasteiger charge is 2.23. The third kappa shape index (κ3) is 3.71. The molecule has 0 bridgehead atoms. The summed E-state index contributed by atoms with van der Waals surface area (Å²) >= 11 is 0. The van der Waals surface area contributed by atoms with Crippen molar-refractivity contribution in [2.24, 2.45) is 0 Å². The maximum atomic E-state index is 12.2. The molecule has 3 heterocycles. The zero-order valence-corrected chi connectivity index (χ0v) is 13.9. The number of nitrogens with one attached hydrogen (secondary N) is 1. The SMILES string of the molecule is O=C(CN1CCc2cncnc2C1)NC[C@H]1COc2ccccc2O1. The van der Waals surface area contributed by atoms with Crippen molar-refractivity contribution in [2.45, 2.75) is 19.1 Å². The van der Waals surface area contributed by atoms with Crippen molar-refractivity contribution in [3.05, 3.63) is 48.0 Å². The molecule has 1 aromatic carbocycles. The van der Waals surface area contributed by atoms with E-state index in [1.165, 1.54) is 5.56 Å². The van der Waals surface area contributed by atoms with Crippen LogP contribution in [0, 0.1) is 0 Å². The zero-order valence-electron chi connectivity index (χ0n) is 13.9. The van der Waals surface area contributed by atoms with Gasteiger partial charge in [-0.15, -0.1) is 0 Å². The summed E-state index contributed by atoms with van der Waals surface area (Å²) in [5.74, 6) is 1.46. The second kappa shape index (κ2) is 7.06. The summed E-state index contributed by atoms with van der Waals surface area (Å²) in [6.07, 6.45) is 4.12. The molecular weight excluding hydrogens is 320 g/mol. The monoisotopic (exact) mass is 340 g/mol. The van der Waals surface area contributed by atoms with Crippen LogP contribution in [0.2, 0.25) is 0 Å². The Morgan fingerprint density at radius 1 is 1.32 bits per heavy atom. The number of carbonyl (C=O) groups excluding carboxylic acids is 1. The highest BCUT2D eigenvalue weighted by Crippen LogP contribution is 2.30. The highest BCUT2D eigenvalue weighted by atomic mass is 16.6. The van der Waals surface area contributed by atoms with Crippen molar-refractivity contribution < 1.29 is 14.3 Å². The summed E-state index contributed by atoms with van der Waals surface area (Å²) in [7, 11) is 0. The predicted molar refractivity (Wildman–Crippen MR) is 90.4 cm³/mol. The Bertz CT molecular complexity index is 767. The fourth-order valence-corrected chi connectivity index (χ4v) is 3.09. The van der Waals surface area contributed by atoms with Gasteiger partial charge >= 0.3 is 0 Å². The first-order valence-electron chi connectivity index (χ1n) is 8.43. The number of nitrogens with zero attached hydrogens (tertiary/aromatic N) is 3. The van der Waals surface area contributed by atoms with Crippen molar-refractivity contribution in [3.63, 3.8) is 0 Å². The summed E-state index contributed by atoms with van der Waals surface area (Å²) in [6, 6.07) is 7.56. The number of ether oxygens (including phenoxy) is 2. The van der Waals surface area contributed by atoms with Crippen molar-refractivity contribution in [3.8, 4) is 11.5 Å². The number of aromatic nitrogens is 2. The van der Waals surface area contributed by atoms with Gasteiger partial charge in [0.2, 0.25) is 5.91 Å². The van der Waals surface area contributed by atoms with Gasteiger partial charge in [0.1, 0.15) is 19.0 Å². The minimum Gasteiger partial charge on any atom is -0.486 e. The largest absolute Gasteiger partial charge is 0.486 e. The molecule has 25 heavy (non-hydrogen) atoms. The van der Waals surface area contributed by atoms with E-state index in [-0.39, 0.29) is 12.0 Å². The number of rotatable bonds is 4. The molecule has 1 aromatic heterocycles. The Labute approximate surface area is 146 Å². The van der Waals surface area contributed by atoms with Crippen LogP contribution in [0.5, 0.6) is 11.5 Å². The normalized spacial score (nSPS) is 19.1. The first-order chi connectivity index (χ1) is 12.3. The Kier molecular flexibility index (Phi) is 4.47. The molecule has 130 valence electrons. The van der Waals surface area contributed by atoms with Gasteiger partial charge in [-0.05, 0) is 24.1 Å². The van der Waals surface area contributed by atoms with Crippen LogP contribution in [0.4, 0.5) is 0 Å². The van der Waals surface area contributed by atoms with E-state index >= 15 is 0 Å². The Morgan fingerprint density at radius 3 is 3.12 bits per heavy atom. The maximum Gasteiger partial charge on any atom is 0.234 e. The number of carbonyl (C=O) groups is 1. The first kappa shape index (κ1) is 15.8. The van der Waals surface area contributed by atoms with Crippen LogP contribution in [0.15, 0.2) is 36.8 Å². The van der Waals surface area contributed by atoms with Gasteiger partial charge in [-0.2, -0.15) is 0 Å². The van der Waals surface area contributed by atoms with Crippen LogP contribution in [0.1, 0.15) is 11.3 Å². The zero-order chi connectivity index (χ0) is 17.1. The van der Waals surface area contributed by atoms with Gasteiger partial charge in [0.15, 0.2) is 11.5 Å². The maximum absolute atomic E-state index is 12.2. The van der Waals surface area contributed by atoms with Crippen molar-refractivity contribution >= 4 is 5.91 Å². The summed E-state index contributed by atoms with van der Waals surface area (Å²) in [4.78, 5) is 22.7. The molecule has 1 amide bonds. The van der Waals surface area contributed by atoms with Crippen molar-refractivity contribution in [2.75, 3.05) is 26.2 Å². The average Bonchev–Trinajstić information content (AvgIpc) is 2.66. The third-order valence-corrected chi connectivity index (χ3v) is 4.41. The lowest BCUT2D eigenvalue weighted by atomic mass is 10.1. The number of amides is 1. The van der Waals surface area contributed by atoms with Crippen LogP contribution < -0.4 is 14.8 Å². The molecule has 1 atom stereocenters. The molecule has 0 saturated carbocycles. The van der Waals surface area contributed by atoms with Gasteiger partial charge in [-0.25, -0.2) is 9.97 Å². The molecular formula is C18H20N4O3. The molecule has 4 rings (SSSR count). The van der Waals surface area contributed by atoms with Gasteiger partial charge in [0, 0.05) is 19.3 Å². The molecule has 7 nitrogen and oxygen atoms in total. The third-order valence-electron chi connectivity index (χ3n) is 4.41. The van der Waals surface area contributed by atoms with E-state index in [1.54, 1.807) is 6.33 Å². The van der Waals surface area contributed by atoms with Crippen LogP contribution in [-0.2, 0) is 17.8 Å². The topological polar surface area (TPSA) is 76.6 Å². The van der Waals surface area contributed by atoms with Gasteiger partial charge in [-0.1, -0.05) is 12.1 Å². The quantitative estimate of drug-likeness (QED) is 0.887. The standard InChI is InChI=1S/C18H20N4O3/c23-18(10-22-6-5-13-7-19-12-21-15(13)9-22)20-8-14-11-24-16-3-1-2-4-17(16)25-14/h1-4,7,12,14H,5-6,8-11H2,(H,20,23)/t14-/m0/s1. The Balaban J connectivity index is 1.25. The van der Waals surface area contributed by atoms with E-state index in [0.717, 1.165) is 30.2 Å². The molecule has 2 aliphatic rings. The lowest BCUT2D eigenvalue weighted by Crippen LogP contribution is -2.45. The summed E-state index contributed by atoms with van der Waals surface area (Å²) in [5.41, 5.74) is 2.18. The van der Waals surface area contributed by atoms with Crippen molar-refractivity contribution in [1.82, 2.24) is 20.2 Å². The minimum atomic E-state index is -0.173. The van der Waals surface area contributed by atoms with Gasteiger partial charge in [0.25, 0.3) is 0 Å². The van der Waals surface area contributed by atoms with Gasteiger partial charge < -0.3 is 14.8 Å². The number of para-hydroxylation sites is 2. The van der Waals surface area contributed by atoms with E-state index in [9.17, 15) is 4.79 Å². The molecule has 0 saturated heterocycles. The fraction of sp³-hybridized carbons (Fsp3) is 0.389.